The molecule has 0 bridgehead atoms. The Kier molecular flexibility index (Phi) is 13.8. The highest BCUT2D eigenvalue weighted by molar-refractivity contribution is 14.1. The van der Waals surface area contributed by atoms with Crippen LogP contribution >= 0.6 is 45.2 Å². The van der Waals surface area contributed by atoms with E-state index in [1.165, 1.54) is 0 Å². The lowest BCUT2D eigenvalue weighted by atomic mass is 10.2. The summed E-state index contributed by atoms with van der Waals surface area (Å²) in [5, 5.41) is 0. The van der Waals surface area contributed by atoms with E-state index in [-0.39, 0.29) is 9.79 Å². The number of nitrogens with zero attached hydrogens (tertiary/aromatic N) is 4. The minimum absolute atomic E-state index is 0.245. The Morgan fingerprint density at radius 1 is 0.519 bits per heavy atom. The fourth-order valence-corrected chi connectivity index (χ4v) is 8.57. The van der Waals surface area contributed by atoms with Crippen LogP contribution in [0.5, 0.6) is 11.5 Å². The van der Waals surface area contributed by atoms with Gasteiger partial charge in [-0.3, -0.25) is 9.44 Å². The second-order valence-electron chi connectivity index (χ2n) is 12.5. The van der Waals surface area contributed by atoms with Crippen LogP contribution in [0.25, 0.3) is 0 Å². The van der Waals surface area contributed by atoms with Gasteiger partial charge >= 0.3 is 0 Å². The number of ether oxygens (including phenoxy) is 2. The molecule has 4 aromatic carbocycles. The second kappa shape index (κ2) is 17.9. The first kappa shape index (κ1) is 40.2. The van der Waals surface area contributed by atoms with E-state index in [4.69, 9.17) is 9.47 Å². The van der Waals surface area contributed by atoms with E-state index in [2.05, 4.69) is 88.3 Å². The molecular formula is C36H44I2N6O6S2. The molecule has 2 saturated heterocycles. The number of methoxy groups -OCH3 is 2. The van der Waals surface area contributed by atoms with Crippen LogP contribution < -0.4 is 28.7 Å². The first-order valence-corrected chi connectivity index (χ1v) is 21.7. The van der Waals surface area contributed by atoms with Crippen LogP contribution in [0.2, 0.25) is 0 Å². The van der Waals surface area contributed by atoms with Crippen LogP contribution in [0.15, 0.2) is 94.7 Å². The summed E-state index contributed by atoms with van der Waals surface area (Å²) >= 11 is 4.30. The molecule has 16 heteroatoms. The number of halogens is 2. The summed E-state index contributed by atoms with van der Waals surface area (Å²) in [6.07, 6.45) is 0. The molecule has 2 aliphatic rings. The van der Waals surface area contributed by atoms with Crippen LogP contribution in [-0.2, 0) is 20.0 Å². The quantitative estimate of drug-likeness (QED) is 0.192. The van der Waals surface area contributed by atoms with Gasteiger partial charge in [0.15, 0.2) is 0 Å². The van der Waals surface area contributed by atoms with E-state index >= 15 is 0 Å². The van der Waals surface area contributed by atoms with E-state index in [0.717, 1.165) is 82.4 Å². The summed E-state index contributed by atoms with van der Waals surface area (Å²) in [7, 11) is 0.200. The first-order chi connectivity index (χ1) is 24.8. The molecule has 0 amide bonds. The molecule has 0 unspecified atom stereocenters. The van der Waals surface area contributed by atoms with Crippen molar-refractivity contribution < 1.29 is 26.3 Å². The van der Waals surface area contributed by atoms with Crippen LogP contribution in [0.1, 0.15) is 0 Å². The number of rotatable bonds is 10. The smallest absolute Gasteiger partial charge is 0.261 e. The zero-order chi connectivity index (χ0) is 37.5. The molecule has 280 valence electrons. The fraction of sp³-hybridized carbons (Fsp3) is 0.333. The molecule has 4 aromatic rings. The minimum Gasteiger partial charge on any atom is -0.495 e. The number of benzene rings is 4. The van der Waals surface area contributed by atoms with Gasteiger partial charge in [0.25, 0.3) is 20.0 Å². The predicted molar refractivity (Wildman–Crippen MR) is 225 cm³/mol. The minimum atomic E-state index is -3.63. The highest BCUT2D eigenvalue weighted by Crippen LogP contribution is 2.34. The van der Waals surface area contributed by atoms with Crippen molar-refractivity contribution in [2.75, 3.05) is 99.9 Å². The van der Waals surface area contributed by atoms with E-state index in [1.807, 2.05) is 12.1 Å². The summed E-state index contributed by atoms with van der Waals surface area (Å²) in [6, 6.07) is 24.3. The van der Waals surface area contributed by atoms with E-state index in [9.17, 15) is 16.8 Å². The Morgan fingerprint density at radius 3 is 1.15 bits per heavy atom. The molecule has 2 N–H and O–H groups in total. The topological polar surface area (TPSA) is 124 Å². The lowest BCUT2D eigenvalue weighted by Crippen LogP contribution is -2.44. The molecule has 0 spiro atoms. The Morgan fingerprint density at radius 2 is 0.846 bits per heavy atom. The summed E-state index contributed by atoms with van der Waals surface area (Å²) < 4.78 is 68.8. The summed E-state index contributed by atoms with van der Waals surface area (Å²) in [5.74, 6) is 1.48. The lowest BCUT2D eigenvalue weighted by molar-refractivity contribution is 0.311. The van der Waals surface area contributed by atoms with Gasteiger partial charge in [0.05, 0.1) is 46.8 Å². The first-order valence-electron chi connectivity index (χ1n) is 16.6. The molecule has 6 rings (SSSR count). The SMILES string of the molecule is COc1ccc(NS(=O)(=O)c2ccc(I)cc2)cc1N1CCN(C)CC1.COc1ccc(NS(=O)(=O)c2ccc(I)cc2)cc1N1CCN(C)CC1. The second-order valence-corrected chi connectivity index (χ2v) is 18.3. The Balaban J connectivity index is 0.000000201. The van der Waals surface area contributed by atoms with E-state index < -0.39 is 20.0 Å². The normalized spacial score (nSPS) is 15.7. The molecule has 0 saturated carbocycles. The van der Waals surface area contributed by atoms with E-state index in [1.54, 1.807) is 87.0 Å². The van der Waals surface area contributed by atoms with Gasteiger partial charge in [0, 0.05) is 59.5 Å². The van der Waals surface area contributed by atoms with Crippen LogP contribution in [0.3, 0.4) is 0 Å². The molecule has 0 aromatic heterocycles. The van der Waals surface area contributed by atoms with E-state index in [0.29, 0.717) is 11.4 Å². The summed E-state index contributed by atoms with van der Waals surface area (Å²) in [4.78, 5) is 9.48. The third-order valence-corrected chi connectivity index (χ3v) is 13.0. The number of anilines is 4. The maximum atomic E-state index is 12.6. The maximum absolute atomic E-state index is 12.6. The van der Waals surface area contributed by atoms with Gasteiger partial charge in [-0.25, -0.2) is 16.8 Å². The predicted octanol–water partition coefficient (Wildman–Crippen LogP) is 5.70. The van der Waals surface area contributed by atoms with Crippen LogP contribution in [0.4, 0.5) is 22.7 Å². The van der Waals surface area contributed by atoms with Crippen LogP contribution in [-0.4, -0.2) is 107 Å². The number of nitrogens with one attached hydrogen (secondary N) is 2. The third-order valence-electron chi connectivity index (χ3n) is 8.80. The maximum Gasteiger partial charge on any atom is 0.261 e. The largest absolute Gasteiger partial charge is 0.495 e. The average molecular weight is 975 g/mol. The van der Waals surface area contributed by atoms with Crippen molar-refractivity contribution in [2.45, 2.75) is 9.79 Å². The fourth-order valence-electron chi connectivity index (χ4n) is 5.75. The van der Waals surface area contributed by atoms with Crippen molar-refractivity contribution in [3.8, 4) is 11.5 Å². The van der Waals surface area contributed by atoms with Gasteiger partial charge in [0.1, 0.15) is 11.5 Å². The van der Waals surface area contributed by atoms with Crippen molar-refractivity contribution in [1.29, 1.82) is 0 Å². The van der Waals surface area contributed by atoms with Gasteiger partial charge in [-0.1, -0.05) is 0 Å². The van der Waals surface area contributed by atoms with Gasteiger partial charge in [-0.15, -0.1) is 0 Å². The molecule has 2 aliphatic heterocycles. The number of hydrogen-bond acceptors (Lipinski definition) is 10. The van der Waals surface area contributed by atoms with Gasteiger partial charge < -0.3 is 29.1 Å². The Bertz CT molecular complexity index is 1870. The van der Waals surface area contributed by atoms with Crippen molar-refractivity contribution in [1.82, 2.24) is 9.80 Å². The van der Waals surface area contributed by atoms with Gasteiger partial charge in [-0.2, -0.15) is 0 Å². The average Bonchev–Trinajstić information content (AvgIpc) is 3.12. The molecule has 0 atom stereocenters. The molecular weight excluding hydrogens is 930 g/mol. The summed E-state index contributed by atoms with van der Waals surface area (Å²) in [5.41, 5.74) is 2.86. The molecule has 12 nitrogen and oxygen atoms in total. The molecule has 0 radical (unpaired) electrons. The van der Waals surface area contributed by atoms with Crippen molar-refractivity contribution in [3.05, 3.63) is 92.1 Å². The molecule has 2 fully saturated rings. The zero-order valence-electron chi connectivity index (χ0n) is 29.6. The summed E-state index contributed by atoms with van der Waals surface area (Å²) in [6.45, 7) is 7.34. The van der Waals surface area contributed by atoms with Gasteiger partial charge in [-0.05, 0) is 144 Å². The molecule has 52 heavy (non-hydrogen) atoms. The van der Waals surface area contributed by atoms with Crippen molar-refractivity contribution in [3.63, 3.8) is 0 Å². The molecule has 0 aliphatic carbocycles. The molecule has 2 heterocycles. The monoisotopic (exact) mass is 974 g/mol. The Hall–Kier alpha value is -3.04. The Labute approximate surface area is 334 Å². The van der Waals surface area contributed by atoms with Crippen LogP contribution in [0, 0.1) is 7.14 Å². The van der Waals surface area contributed by atoms with Crippen molar-refractivity contribution >= 4 is 88.0 Å². The third kappa shape index (κ3) is 10.6. The standard InChI is InChI=1S/2C18H22IN3O3S/c2*1-21-9-11-22(12-10-21)17-13-15(5-8-18(17)25-2)20-26(23,24)16-6-3-14(19)4-7-16/h2*3-8,13,20H,9-12H2,1-2H3. The highest BCUT2D eigenvalue weighted by atomic mass is 127. The van der Waals surface area contributed by atoms with Crippen molar-refractivity contribution in [2.24, 2.45) is 0 Å². The number of piperazine rings is 2. The zero-order valence-corrected chi connectivity index (χ0v) is 35.5. The lowest BCUT2D eigenvalue weighted by Gasteiger charge is -2.35. The van der Waals surface area contributed by atoms with Gasteiger partial charge in [0.2, 0.25) is 0 Å². The highest BCUT2D eigenvalue weighted by Gasteiger charge is 2.22. The number of hydrogen-bond donors (Lipinski definition) is 2. The number of likely N-dealkylation sites (N-methyl/N-ethyl adjacent to an activating group) is 2. The number of sulfonamides is 2.